The van der Waals surface area contributed by atoms with Crippen molar-refractivity contribution in [2.75, 3.05) is 25.1 Å². The van der Waals surface area contributed by atoms with E-state index in [1.165, 1.54) is 12.4 Å². The van der Waals surface area contributed by atoms with Crippen LogP contribution in [0.4, 0.5) is 10.1 Å². The molecular weight excluding hydrogens is 723 g/mol. The lowest BCUT2D eigenvalue weighted by Crippen LogP contribution is -2.54. The zero-order chi connectivity index (χ0) is 39.6. The SMILES string of the molecule is CC(C)(OCCOCCCc1cccc2c1C(=O)N(C1CCC(=O)NC1=O)C2=O)C(F)CCC(=O)c1cnc(-n2ncc3cc(C#N)cnc32)cc1NC1CC1. The lowest BCUT2D eigenvalue weighted by molar-refractivity contribution is -0.136. The summed E-state index contributed by atoms with van der Waals surface area (Å²) in [4.78, 5) is 73.6. The maximum absolute atomic E-state index is 15.5. The van der Waals surface area contributed by atoms with Crippen molar-refractivity contribution >= 4 is 46.1 Å². The van der Waals surface area contributed by atoms with Gasteiger partial charge in [-0.15, -0.1) is 0 Å². The van der Waals surface area contributed by atoms with E-state index in [0.717, 1.165) is 17.7 Å². The van der Waals surface area contributed by atoms with Gasteiger partial charge >= 0.3 is 0 Å². The number of halogens is 1. The minimum absolute atomic E-state index is 0.0474. The summed E-state index contributed by atoms with van der Waals surface area (Å²) < 4.78 is 28.6. The van der Waals surface area contributed by atoms with Crippen molar-refractivity contribution in [1.82, 2.24) is 30.0 Å². The molecule has 2 N–H and O–H groups in total. The summed E-state index contributed by atoms with van der Waals surface area (Å²) in [5.74, 6) is -1.99. The highest BCUT2D eigenvalue weighted by atomic mass is 19.1. The van der Waals surface area contributed by atoms with E-state index in [0.29, 0.717) is 58.7 Å². The van der Waals surface area contributed by atoms with E-state index in [9.17, 15) is 29.2 Å². The molecule has 3 aromatic heterocycles. The molecule has 2 aliphatic heterocycles. The van der Waals surface area contributed by atoms with Crippen LogP contribution in [0.25, 0.3) is 16.9 Å². The summed E-state index contributed by atoms with van der Waals surface area (Å²) in [6.07, 6.45) is 6.02. The van der Waals surface area contributed by atoms with Gasteiger partial charge in [-0.2, -0.15) is 15.0 Å². The van der Waals surface area contributed by atoms with E-state index in [1.54, 1.807) is 55.1 Å². The van der Waals surface area contributed by atoms with Gasteiger partial charge in [0, 0.05) is 49.3 Å². The number of hydrogen-bond donors (Lipinski definition) is 2. The van der Waals surface area contributed by atoms with E-state index in [-0.39, 0.29) is 61.8 Å². The molecule has 4 amide bonds. The van der Waals surface area contributed by atoms with Crippen molar-refractivity contribution in [1.29, 1.82) is 5.26 Å². The third-order valence-corrected chi connectivity index (χ3v) is 10.3. The summed E-state index contributed by atoms with van der Waals surface area (Å²) in [6.45, 7) is 3.89. The fraction of sp³-hybridized carbons (Fsp3) is 0.425. The summed E-state index contributed by atoms with van der Waals surface area (Å²) in [5.41, 5.74) is 1.86. The van der Waals surface area contributed by atoms with Crippen LogP contribution in [0.2, 0.25) is 0 Å². The Morgan fingerprint density at radius 2 is 1.89 bits per heavy atom. The van der Waals surface area contributed by atoms with Crippen molar-refractivity contribution in [3.8, 4) is 11.9 Å². The molecule has 0 bridgehead atoms. The molecule has 0 spiro atoms. The molecule has 2 unspecified atom stereocenters. The number of fused-ring (bicyclic) bond motifs is 2. The molecule has 3 aliphatic rings. The Morgan fingerprint density at radius 1 is 1.07 bits per heavy atom. The van der Waals surface area contributed by atoms with Crippen LogP contribution in [-0.4, -0.2) is 97.7 Å². The number of pyridine rings is 2. The highest BCUT2D eigenvalue weighted by Crippen LogP contribution is 2.32. The number of Topliss-reactive ketones (excluding diaryl/α,β-unsaturated/α-hetero) is 1. The van der Waals surface area contributed by atoms with Gasteiger partial charge in [0.1, 0.15) is 18.3 Å². The Bertz CT molecular complexity index is 2260. The number of anilines is 1. The van der Waals surface area contributed by atoms with Gasteiger partial charge in [0.2, 0.25) is 11.8 Å². The smallest absolute Gasteiger partial charge is 0.262 e. The van der Waals surface area contributed by atoms with Crippen LogP contribution in [0.3, 0.4) is 0 Å². The fourth-order valence-corrected chi connectivity index (χ4v) is 6.95. The molecule has 16 heteroatoms. The molecule has 2 fully saturated rings. The number of ketones is 1. The van der Waals surface area contributed by atoms with Gasteiger partial charge in [-0.3, -0.25) is 34.2 Å². The predicted molar refractivity (Wildman–Crippen MR) is 199 cm³/mol. The highest BCUT2D eigenvalue weighted by molar-refractivity contribution is 6.24. The van der Waals surface area contributed by atoms with Crippen molar-refractivity contribution in [3.63, 3.8) is 0 Å². The number of ether oxygens (including phenoxy) is 2. The Hall–Kier alpha value is -5.92. The third-order valence-electron chi connectivity index (χ3n) is 10.3. The number of alkyl halides is 1. The monoisotopic (exact) mass is 764 g/mol. The highest BCUT2D eigenvalue weighted by Gasteiger charge is 2.45. The van der Waals surface area contributed by atoms with Crippen LogP contribution in [0.1, 0.15) is 101 Å². The number of aryl methyl sites for hydroxylation is 1. The number of carbonyl (C=O) groups excluding carboxylic acids is 5. The minimum atomic E-state index is -1.45. The first-order valence-corrected chi connectivity index (χ1v) is 18.7. The van der Waals surface area contributed by atoms with Gasteiger partial charge in [0.25, 0.3) is 11.8 Å². The average molecular weight is 765 g/mol. The predicted octanol–water partition coefficient (Wildman–Crippen LogP) is 4.41. The van der Waals surface area contributed by atoms with Crippen LogP contribution in [0, 0.1) is 11.3 Å². The topological polar surface area (TPSA) is 198 Å². The number of benzene rings is 1. The average Bonchev–Trinajstić information content (AvgIpc) is 3.84. The van der Waals surface area contributed by atoms with Gasteiger partial charge in [-0.05, 0) is 70.1 Å². The van der Waals surface area contributed by atoms with E-state index in [2.05, 4.69) is 31.8 Å². The maximum atomic E-state index is 15.5. The molecule has 15 nitrogen and oxygen atoms in total. The molecule has 0 radical (unpaired) electrons. The molecule has 1 saturated carbocycles. The molecule has 1 saturated heterocycles. The summed E-state index contributed by atoms with van der Waals surface area (Å²) >= 11 is 0. The molecule has 5 heterocycles. The van der Waals surface area contributed by atoms with Crippen molar-refractivity contribution in [2.24, 2.45) is 0 Å². The van der Waals surface area contributed by atoms with E-state index in [4.69, 9.17) is 9.47 Å². The molecule has 1 aliphatic carbocycles. The zero-order valence-corrected chi connectivity index (χ0v) is 31.0. The number of rotatable bonds is 17. The fourth-order valence-electron chi connectivity index (χ4n) is 6.95. The number of nitriles is 1. The lowest BCUT2D eigenvalue weighted by Gasteiger charge is -2.29. The number of carbonyl (C=O) groups is 5. The minimum Gasteiger partial charge on any atom is -0.382 e. The standard InChI is InChI=1S/C40H41FN8O7/c1-40(2,56-16-15-55-14-4-6-24-5-3-7-27-35(24)39(54)48(38(27)53)30-10-13-34(51)47-37(30)52)32(41)12-11-31(50)28-22-43-33(18-29(28)46-26-8-9-26)49-36-25(21-45-49)17-23(19-42)20-44-36/h3,5,7,17-18,20-22,26,30,32H,4,6,8-16H2,1-2H3,(H,43,46)(H,47,51,52). The zero-order valence-electron chi connectivity index (χ0n) is 31.0. The molecule has 7 rings (SSSR count). The number of piperidine rings is 1. The van der Waals surface area contributed by atoms with Crippen molar-refractivity contribution in [2.45, 2.75) is 89.1 Å². The molecule has 1 aromatic carbocycles. The second kappa shape index (κ2) is 16.0. The molecule has 4 aromatic rings. The number of imide groups is 2. The van der Waals surface area contributed by atoms with E-state index in [1.807, 2.05) is 0 Å². The first-order chi connectivity index (χ1) is 26.9. The van der Waals surface area contributed by atoms with Crippen LogP contribution in [0.5, 0.6) is 0 Å². The number of amides is 4. The molecule has 290 valence electrons. The summed E-state index contributed by atoms with van der Waals surface area (Å²) in [6, 6.07) is 9.71. The third kappa shape index (κ3) is 8.05. The number of aromatic nitrogens is 4. The molecule has 56 heavy (non-hydrogen) atoms. The van der Waals surface area contributed by atoms with Gasteiger partial charge < -0.3 is 14.8 Å². The Balaban J connectivity index is 0.869. The number of nitrogens with one attached hydrogen (secondary N) is 2. The van der Waals surface area contributed by atoms with Crippen LogP contribution in [-0.2, 0) is 25.5 Å². The van der Waals surface area contributed by atoms with Crippen LogP contribution >= 0.6 is 0 Å². The summed E-state index contributed by atoms with van der Waals surface area (Å²) in [5, 5.41) is 19.9. The van der Waals surface area contributed by atoms with E-state index >= 15 is 4.39 Å². The Morgan fingerprint density at radius 3 is 2.66 bits per heavy atom. The largest absolute Gasteiger partial charge is 0.382 e. The second-order valence-corrected chi connectivity index (χ2v) is 14.7. The van der Waals surface area contributed by atoms with Crippen molar-refractivity contribution < 1.29 is 37.8 Å². The normalized spacial score (nSPS) is 17.5. The number of hydrogen-bond acceptors (Lipinski definition) is 12. The van der Waals surface area contributed by atoms with Gasteiger partial charge in [0.15, 0.2) is 17.2 Å². The number of nitrogens with zero attached hydrogens (tertiary/aromatic N) is 6. The Labute approximate surface area is 321 Å². The quantitative estimate of drug-likeness (QED) is 0.0874. The van der Waals surface area contributed by atoms with E-state index < -0.39 is 41.4 Å². The lowest BCUT2D eigenvalue weighted by atomic mass is 9.96. The maximum Gasteiger partial charge on any atom is 0.262 e. The van der Waals surface area contributed by atoms with Crippen LogP contribution in [0.15, 0.2) is 48.9 Å². The first-order valence-electron chi connectivity index (χ1n) is 18.7. The Kier molecular flexibility index (Phi) is 11.0. The summed E-state index contributed by atoms with van der Waals surface area (Å²) in [7, 11) is 0. The van der Waals surface area contributed by atoms with Crippen LogP contribution < -0.4 is 10.6 Å². The van der Waals surface area contributed by atoms with Gasteiger partial charge in [-0.1, -0.05) is 12.1 Å². The second-order valence-electron chi connectivity index (χ2n) is 14.7. The van der Waals surface area contributed by atoms with Crippen molar-refractivity contribution in [3.05, 3.63) is 76.7 Å². The van der Waals surface area contributed by atoms with Gasteiger partial charge in [0.05, 0.1) is 53.0 Å². The first kappa shape index (κ1) is 38.4. The van der Waals surface area contributed by atoms with Gasteiger partial charge in [-0.25, -0.2) is 14.4 Å². The molecular formula is C40H41FN8O7. The molecule has 2 atom stereocenters.